The van der Waals surface area contributed by atoms with Gasteiger partial charge in [-0.1, -0.05) is 12.1 Å². The van der Waals surface area contributed by atoms with Crippen LogP contribution in [0.1, 0.15) is 26.3 Å². The van der Waals surface area contributed by atoms with Crippen LogP contribution in [0.3, 0.4) is 0 Å². The zero-order chi connectivity index (χ0) is 16.0. The molecule has 5 heteroatoms. The van der Waals surface area contributed by atoms with E-state index < -0.39 is 23.5 Å². The summed E-state index contributed by atoms with van der Waals surface area (Å²) < 4.78 is 4.61. The quantitative estimate of drug-likeness (QED) is 0.284. The number of carbonyl (C=O) groups is 3. The highest BCUT2D eigenvalue weighted by atomic mass is 16.5. The number of hydrogen-bond donors (Lipinski definition) is 1. The molecule has 0 aliphatic rings. The zero-order valence-corrected chi connectivity index (χ0v) is 12.4. The molecule has 0 heterocycles. The third-order valence-electron chi connectivity index (χ3n) is 2.97. The van der Waals surface area contributed by atoms with E-state index in [4.69, 9.17) is 5.73 Å². The van der Waals surface area contributed by atoms with Gasteiger partial charge in [0.1, 0.15) is 0 Å². The lowest BCUT2D eigenvalue weighted by atomic mass is 9.95. The van der Waals surface area contributed by atoms with Gasteiger partial charge in [-0.2, -0.15) is 0 Å². The van der Waals surface area contributed by atoms with Gasteiger partial charge in [0.25, 0.3) is 5.78 Å². The molecule has 0 radical (unpaired) electrons. The lowest BCUT2D eigenvalue weighted by Gasteiger charge is -2.09. The van der Waals surface area contributed by atoms with E-state index in [1.807, 2.05) is 0 Å². The molecule has 0 spiro atoms. The summed E-state index contributed by atoms with van der Waals surface area (Å²) in [5.74, 6) is -3.25. The number of carbonyl (C=O) groups excluding carboxylic acids is 3. The van der Waals surface area contributed by atoms with E-state index in [-0.39, 0.29) is 6.61 Å². The first-order valence-corrected chi connectivity index (χ1v) is 6.65. The predicted octanol–water partition coefficient (Wildman–Crippen LogP) is 2.01. The van der Waals surface area contributed by atoms with E-state index in [0.717, 1.165) is 5.56 Å². The van der Waals surface area contributed by atoms with Crippen molar-refractivity contribution in [1.82, 2.24) is 0 Å². The van der Waals surface area contributed by atoms with Gasteiger partial charge >= 0.3 is 5.97 Å². The molecule has 0 saturated carbocycles. The Bertz CT molecular complexity index is 572. The third-order valence-corrected chi connectivity index (χ3v) is 2.97. The van der Waals surface area contributed by atoms with E-state index >= 15 is 0 Å². The van der Waals surface area contributed by atoms with Gasteiger partial charge in [0.2, 0.25) is 0 Å². The van der Waals surface area contributed by atoms with E-state index in [9.17, 15) is 14.4 Å². The normalized spacial score (nSPS) is 12.6. The number of allylic oxidation sites excluding steroid dienone is 1. The maximum Gasteiger partial charge on any atom is 0.375 e. The Morgan fingerprint density at radius 1 is 1.19 bits per heavy atom. The Kier molecular flexibility index (Phi) is 5.84. The highest BCUT2D eigenvalue weighted by Crippen LogP contribution is 2.14. The lowest BCUT2D eigenvalue weighted by molar-refractivity contribution is -0.156. The maximum absolute atomic E-state index is 12.1. The molecule has 0 fully saturated rings. The number of anilines is 1. The highest BCUT2D eigenvalue weighted by molar-refractivity contribution is 6.39. The average Bonchev–Trinajstić information content (AvgIpc) is 2.47. The highest BCUT2D eigenvalue weighted by Gasteiger charge is 2.29. The molecule has 1 rings (SSSR count). The van der Waals surface area contributed by atoms with Crippen LogP contribution in [0.4, 0.5) is 5.69 Å². The van der Waals surface area contributed by atoms with Crippen LogP contribution in [0.15, 0.2) is 29.8 Å². The predicted molar refractivity (Wildman–Crippen MR) is 80.3 cm³/mol. The van der Waals surface area contributed by atoms with Gasteiger partial charge in [-0.3, -0.25) is 9.59 Å². The molecular formula is C16H19NO4. The molecule has 112 valence electrons. The van der Waals surface area contributed by atoms with Crippen molar-refractivity contribution in [3.8, 4) is 0 Å². The summed E-state index contributed by atoms with van der Waals surface area (Å²) in [6, 6.07) is 6.97. The summed E-state index contributed by atoms with van der Waals surface area (Å²) in [5, 5.41) is 0. The van der Waals surface area contributed by atoms with Crippen LogP contribution >= 0.6 is 0 Å². The molecule has 1 unspecified atom stereocenters. The summed E-state index contributed by atoms with van der Waals surface area (Å²) in [6.07, 6.45) is 1.65. The number of ether oxygens (including phenoxy) is 1. The van der Waals surface area contributed by atoms with Crippen molar-refractivity contribution in [2.45, 2.75) is 20.8 Å². The summed E-state index contributed by atoms with van der Waals surface area (Å²) in [4.78, 5) is 35.2. The second-order valence-corrected chi connectivity index (χ2v) is 4.66. The standard InChI is InChI=1S/C16H19NO4/c1-4-21-16(20)15(19)11(3)14(18)10(2)9-12-5-7-13(17)8-6-12/h5-9,11H,4,17H2,1-3H3/b10-9+. The molecular weight excluding hydrogens is 270 g/mol. The average molecular weight is 289 g/mol. The lowest BCUT2D eigenvalue weighted by Crippen LogP contribution is -2.30. The van der Waals surface area contributed by atoms with Crippen molar-refractivity contribution in [3.63, 3.8) is 0 Å². The van der Waals surface area contributed by atoms with Gasteiger partial charge in [0.15, 0.2) is 5.78 Å². The second kappa shape index (κ2) is 7.38. The first-order valence-electron chi connectivity index (χ1n) is 6.65. The summed E-state index contributed by atoms with van der Waals surface area (Å²) in [7, 11) is 0. The smallest absolute Gasteiger partial charge is 0.375 e. The van der Waals surface area contributed by atoms with E-state index in [2.05, 4.69) is 4.74 Å². The van der Waals surface area contributed by atoms with Gasteiger partial charge in [0.05, 0.1) is 12.5 Å². The molecule has 0 amide bonds. The van der Waals surface area contributed by atoms with Crippen molar-refractivity contribution in [2.75, 3.05) is 12.3 Å². The molecule has 0 saturated heterocycles. The Balaban J connectivity index is 2.84. The van der Waals surface area contributed by atoms with Crippen LogP contribution in [-0.4, -0.2) is 24.1 Å². The zero-order valence-electron chi connectivity index (χ0n) is 12.4. The molecule has 1 aromatic rings. The van der Waals surface area contributed by atoms with Crippen LogP contribution in [-0.2, 0) is 19.1 Å². The molecule has 2 N–H and O–H groups in total. The third kappa shape index (κ3) is 4.56. The number of nitrogen functional groups attached to an aromatic ring is 1. The first-order chi connectivity index (χ1) is 9.86. The molecule has 5 nitrogen and oxygen atoms in total. The number of hydrogen-bond acceptors (Lipinski definition) is 5. The van der Waals surface area contributed by atoms with E-state index in [1.165, 1.54) is 6.92 Å². The fourth-order valence-electron chi connectivity index (χ4n) is 1.75. The van der Waals surface area contributed by atoms with Crippen molar-refractivity contribution in [1.29, 1.82) is 0 Å². The number of ketones is 2. The number of Topliss-reactive ketones (excluding diaryl/α,β-unsaturated/α-hetero) is 2. The van der Waals surface area contributed by atoms with Crippen LogP contribution in [0, 0.1) is 5.92 Å². The number of benzene rings is 1. The first kappa shape index (κ1) is 16.6. The number of nitrogens with two attached hydrogens (primary N) is 1. The van der Waals surface area contributed by atoms with Crippen molar-refractivity contribution < 1.29 is 19.1 Å². The number of rotatable bonds is 6. The van der Waals surface area contributed by atoms with Gasteiger partial charge in [0, 0.05) is 5.69 Å². The molecule has 21 heavy (non-hydrogen) atoms. The SMILES string of the molecule is CCOC(=O)C(=O)C(C)C(=O)/C(C)=C/c1ccc(N)cc1. The Hall–Kier alpha value is -2.43. The monoisotopic (exact) mass is 289 g/mol. The van der Waals surface area contributed by atoms with Crippen molar-refractivity contribution in [3.05, 3.63) is 35.4 Å². The minimum absolute atomic E-state index is 0.103. The fraction of sp³-hybridized carbons (Fsp3) is 0.312. The van der Waals surface area contributed by atoms with Crippen molar-refractivity contribution >= 4 is 29.3 Å². The maximum atomic E-state index is 12.1. The van der Waals surface area contributed by atoms with E-state index in [1.54, 1.807) is 44.2 Å². The Morgan fingerprint density at radius 3 is 2.29 bits per heavy atom. The van der Waals surface area contributed by atoms with Gasteiger partial charge in [-0.25, -0.2) is 4.79 Å². The van der Waals surface area contributed by atoms with Gasteiger partial charge in [-0.05, 0) is 50.1 Å². The summed E-state index contributed by atoms with van der Waals surface area (Å²) in [5.41, 5.74) is 7.40. The second-order valence-electron chi connectivity index (χ2n) is 4.66. The van der Waals surface area contributed by atoms with Gasteiger partial charge < -0.3 is 10.5 Å². The minimum Gasteiger partial charge on any atom is -0.460 e. The summed E-state index contributed by atoms with van der Waals surface area (Å²) >= 11 is 0. The van der Waals surface area contributed by atoms with E-state index in [0.29, 0.717) is 11.3 Å². The van der Waals surface area contributed by atoms with Crippen LogP contribution in [0.5, 0.6) is 0 Å². The fourth-order valence-corrected chi connectivity index (χ4v) is 1.75. The van der Waals surface area contributed by atoms with Crippen molar-refractivity contribution in [2.24, 2.45) is 5.92 Å². The molecule has 0 aliphatic heterocycles. The minimum atomic E-state index is -1.05. The molecule has 0 aliphatic carbocycles. The Labute approximate surface area is 123 Å². The van der Waals surface area contributed by atoms with Crippen LogP contribution < -0.4 is 5.73 Å². The summed E-state index contributed by atoms with van der Waals surface area (Å²) in [6.45, 7) is 4.71. The largest absolute Gasteiger partial charge is 0.460 e. The molecule has 1 atom stereocenters. The molecule has 0 bridgehead atoms. The molecule has 0 aromatic heterocycles. The molecule has 1 aromatic carbocycles. The van der Waals surface area contributed by atoms with Crippen LogP contribution in [0.25, 0.3) is 6.08 Å². The Morgan fingerprint density at radius 2 is 1.76 bits per heavy atom. The topological polar surface area (TPSA) is 86.5 Å². The van der Waals surface area contributed by atoms with Gasteiger partial charge in [-0.15, -0.1) is 0 Å². The number of esters is 1. The van der Waals surface area contributed by atoms with Crippen LogP contribution in [0.2, 0.25) is 0 Å².